The van der Waals surface area contributed by atoms with Gasteiger partial charge in [-0.1, -0.05) is 26.2 Å². The second kappa shape index (κ2) is 4.97. The Morgan fingerprint density at radius 3 is 2.54 bits per heavy atom. The van der Waals surface area contributed by atoms with Crippen LogP contribution in [-0.2, 0) is 4.74 Å². The molecule has 1 aliphatic carbocycles. The van der Waals surface area contributed by atoms with Gasteiger partial charge in [-0.15, -0.1) is 0 Å². The number of ether oxygens (including phenoxy) is 1. The molecule has 1 unspecified atom stereocenters. The van der Waals surface area contributed by atoms with Crippen molar-refractivity contribution in [3.05, 3.63) is 0 Å². The van der Waals surface area contributed by atoms with Crippen molar-refractivity contribution in [2.75, 3.05) is 13.7 Å². The molecule has 0 saturated heterocycles. The Morgan fingerprint density at radius 2 is 2.08 bits per heavy atom. The van der Waals surface area contributed by atoms with Crippen LogP contribution in [0.15, 0.2) is 0 Å². The summed E-state index contributed by atoms with van der Waals surface area (Å²) in [5.74, 6) is 0.518. The van der Waals surface area contributed by atoms with Gasteiger partial charge in [0.05, 0.1) is 12.2 Å². The first-order chi connectivity index (χ1) is 6.23. The second-order valence-electron chi connectivity index (χ2n) is 4.27. The highest BCUT2D eigenvalue weighted by molar-refractivity contribution is 4.94. The van der Waals surface area contributed by atoms with Crippen LogP contribution in [0.3, 0.4) is 0 Å². The van der Waals surface area contributed by atoms with Gasteiger partial charge in [-0.05, 0) is 25.2 Å². The van der Waals surface area contributed by atoms with Gasteiger partial charge in [0.1, 0.15) is 0 Å². The lowest BCUT2D eigenvalue weighted by Crippen LogP contribution is -2.36. The van der Waals surface area contributed by atoms with E-state index in [0.29, 0.717) is 12.5 Å². The minimum atomic E-state index is -0.510. The van der Waals surface area contributed by atoms with Crippen LogP contribution in [0, 0.1) is 5.92 Å². The van der Waals surface area contributed by atoms with Crippen molar-refractivity contribution in [2.24, 2.45) is 5.92 Å². The molecule has 0 aromatic heterocycles. The van der Waals surface area contributed by atoms with Crippen LogP contribution in [0.2, 0.25) is 0 Å². The minimum absolute atomic E-state index is 0.510. The first-order valence-corrected chi connectivity index (χ1v) is 5.44. The average molecular weight is 186 g/mol. The number of aliphatic hydroxyl groups is 1. The minimum Gasteiger partial charge on any atom is -0.387 e. The van der Waals surface area contributed by atoms with E-state index in [2.05, 4.69) is 6.92 Å². The summed E-state index contributed by atoms with van der Waals surface area (Å²) in [4.78, 5) is 0. The molecule has 0 spiro atoms. The zero-order valence-corrected chi connectivity index (χ0v) is 8.88. The molecule has 1 rings (SSSR count). The highest BCUT2D eigenvalue weighted by Crippen LogP contribution is 2.42. The van der Waals surface area contributed by atoms with Crippen molar-refractivity contribution in [3.8, 4) is 0 Å². The number of unbranched alkanes of at least 4 members (excludes halogenated alkanes) is 2. The third kappa shape index (κ3) is 3.28. The highest BCUT2D eigenvalue weighted by Gasteiger charge is 2.43. The van der Waals surface area contributed by atoms with Gasteiger partial charge in [-0.3, -0.25) is 0 Å². The lowest BCUT2D eigenvalue weighted by molar-refractivity contribution is -0.0552. The molecule has 1 saturated carbocycles. The molecular weight excluding hydrogens is 164 g/mol. The van der Waals surface area contributed by atoms with E-state index in [0.717, 1.165) is 12.8 Å². The first-order valence-electron chi connectivity index (χ1n) is 5.44. The van der Waals surface area contributed by atoms with E-state index in [1.165, 1.54) is 25.7 Å². The molecule has 0 aromatic carbocycles. The van der Waals surface area contributed by atoms with Crippen LogP contribution in [0.25, 0.3) is 0 Å². The maximum Gasteiger partial charge on any atom is 0.0907 e. The Bertz CT molecular complexity index is 143. The van der Waals surface area contributed by atoms with Crippen molar-refractivity contribution >= 4 is 0 Å². The second-order valence-corrected chi connectivity index (χ2v) is 4.27. The topological polar surface area (TPSA) is 29.5 Å². The van der Waals surface area contributed by atoms with Crippen molar-refractivity contribution in [3.63, 3.8) is 0 Å². The summed E-state index contributed by atoms with van der Waals surface area (Å²) in [6.45, 7) is 2.70. The van der Waals surface area contributed by atoms with Gasteiger partial charge in [0.15, 0.2) is 0 Å². The maximum atomic E-state index is 10.3. The van der Waals surface area contributed by atoms with Gasteiger partial charge in [0, 0.05) is 7.11 Å². The van der Waals surface area contributed by atoms with E-state index in [1.54, 1.807) is 7.11 Å². The van der Waals surface area contributed by atoms with Crippen LogP contribution in [-0.4, -0.2) is 24.4 Å². The predicted molar refractivity (Wildman–Crippen MR) is 53.7 cm³/mol. The Balaban J connectivity index is 2.28. The Kier molecular flexibility index (Phi) is 4.20. The molecule has 1 aliphatic rings. The predicted octanol–water partition coefficient (Wildman–Crippen LogP) is 2.35. The van der Waals surface area contributed by atoms with Crippen molar-refractivity contribution in [1.82, 2.24) is 0 Å². The monoisotopic (exact) mass is 186 g/mol. The Morgan fingerprint density at radius 1 is 1.38 bits per heavy atom. The van der Waals surface area contributed by atoms with Crippen molar-refractivity contribution < 1.29 is 9.84 Å². The van der Waals surface area contributed by atoms with Crippen LogP contribution < -0.4 is 0 Å². The molecule has 0 heterocycles. The normalized spacial score (nSPS) is 21.5. The lowest BCUT2D eigenvalue weighted by Gasteiger charge is -2.27. The fourth-order valence-electron chi connectivity index (χ4n) is 1.95. The Hall–Kier alpha value is -0.0800. The van der Waals surface area contributed by atoms with Crippen molar-refractivity contribution in [2.45, 2.75) is 51.0 Å². The third-order valence-electron chi connectivity index (χ3n) is 2.94. The van der Waals surface area contributed by atoms with Crippen molar-refractivity contribution in [1.29, 1.82) is 0 Å². The quantitative estimate of drug-likeness (QED) is 0.618. The number of methoxy groups -OCH3 is 1. The van der Waals surface area contributed by atoms with E-state index in [4.69, 9.17) is 4.74 Å². The molecule has 0 aliphatic heterocycles. The SMILES string of the molecule is CCCCCC(O)(COC)C1CC1. The van der Waals surface area contributed by atoms with Crippen LogP contribution in [0.5, 0.6) is 0 Å². The largest absolute Gasteiger partial charge is 0.387 e. The fourth-order valence-corrected chi connectivity index (χ4v) is 1.95. The van der Waals surface area contributed by atoms with Gasteiger partial charge in [0.25, 0.3) is 0 Å². The Labute approximate surface area is 81.3 Å². The zero-order valence-electron chi connectivity index (χ0n) is 8.88. The summed E-state index contributed by atoms with van der Waals surface area (Å²) in [5.41, 5.74) is -0.510. The van der Waals surface area contributed by atoms with E-state index < -0.39 is 5.60 Å². The van der Waals surface area contributed by atoms with Gasteiger partial charge < -0.3 is 9.84 Å². The molecule has 2 nitrogen and oxygen atoms in total. The smallest absolute Gasteiger partial charge is 0.0907 e. The standard InChI is InChI=1S/C11H22O2/c1-3-4-5-8-11(12,9-13-2)10-6-7-10/h10,12H,3-9H2,1-2H3. The van der Waals surface area contributed by atoms with Crippen LogP contribution >= 0.6 is 0 Å². The molecule has 0 aromatic rings. The van der Waals surface area contributed by atoms with E-state index in [9.17, 15) is 5.11 Å². The average Bonchev–Trinajstić information content (AvgIpc) is 2.87. The molecule has 13 heavy (non-hydrogen) atoms. The molecule has 0 bridgehead atoms. The molecule has 1 N–H and O–H groups in total. The molecular formula is C11H22O2. The summed E-state index contributed by atoms with van der Waals surface area (Å²) in [7, 11) is 1.67. The number of rotatable bonds is 7. The summed E-state index contributed by atoms with van der Waals surface area (Å²) in [5, 5.41) is 10.3. The summed E-state index contributed by atoms with van der Waals surface area (Å²) in [6, 6.07) is 0. The van der Waals surface area contributed by atoms with E-state index in [-0.39, 0.29) is 0 Å². The molecule has 1 fully saturated rings. The van der Waals surface area contributed by atoms with Gasteiger partial charge in [-0.2, -0.15) is 0 Å². The summed E-state index contributed by atoms with van der Waals surface area (Å²) >= 11 is 0. The molecule has 2 heteroatoms. The van der Waals surface area contributed by atoms with E-state index >= 15 is 0 Å². The third-order valence-corrected chi connectivity index (χ3v) is 2.94. The number of hydrogen-bond donors (Lipinski definition) is 1. The van der Waals surface area contributed by atoms with Crippen LogP contribution in [0.1, 0.15) is 45.4 Å². The van der Waals surface area contributed by atoms with Gasteiger partial charge >= 0.3 is 0 Å². The summed E-state index contributed by atoms with van der Waals surface area (Å²) in [6.07, 6.45) is 6.86. The van der Waals surface area contributed by atoms with Gasteiger partial charge in [-0.25, -0.2) is 0 Å². The molecule has 0 amide bonds. The molecule has 0 radical (unpaired) electrons. The lowest BCUT2D eigenvalue weighted by atomic mass is 9.92. The maximum absolute atomic E-state index is 10.3. The van der Waals surface area contributed by atoms with Gasteiger partial charge in [0.2, 0.25) is 0 Å². The van der Waals surface area contributed by atoms with E-state index in [1.807, 2.05) is 0 Å². The fraction of sp³-hybridized carbons (Fsp3) is 1.00. The van der Waals surface area contributed by atoms with Crippen LogP contribution in [0.4, 0.5) is 0 Å². The highest BCUT2D eigenvalue weighted by atomic mass is 16.5. The first kappa shape index (κ1) is 11.0. The molecule has 1 atom stereocenters. The zero-order chi connectivity index (χ0) is 9.73. The summed E-state index contributed by atoms with van der Waals surface area (Å²) < 4.78 is 5.09. The number of hydrogen-bond acceptors (Lipinski definition) is 2. The molecule has 78 valence electrons.